The number of hydrogen-bond acceptors (Lipinski definition) is 6. The summed E-state index contributed by atoms with van der Waals surface area (Å²) >= 11 is 0. The van der Waals surface area contributed by atoms with E-state index in [1.165, 1.54) is 0 Å². The number of nitrogens with one attached hydrogen (secondary N) is 1. The number of carboxylic acids is 1. The molecule has 0 spiro atoms. The highest BCUT2D eigenvalue weighted by molar-refractivity contribution is 6.17. The van der Waals surface area contributed by atoms with E-state index in [0.29, 0.717) is 18.0 Å². The molecular formula is C29H36Cl2N4O5. The summed E-state index contributed by atoms with van der Waals surface area (Å²) in [7, 11) is 5.89. The van der Waals surface area contributed by atoms with Crippen molar-refractivity contribution in [3.8, 4) is 5.75 Å². The van der Waals surface area contributed by atoms with E-state index >= 15 is 0 Å². The van der Waals surface area contributed by atoms with Gasteiger partial charge in [-0.3, -0.25) is 19.4 Å². The highest BCUT2D eigenvalue weighted by Crippen LogP contribution is 2.37. The van der Waals surface area contributed by atoms with Crippen LogP contribution in [-0.2, 0) is 16.6 Å². The van der Waals surface area contributed by atoms with Gasteiger partial charge in [-0.05, 0) is 67.7 Å². The minimum atomic E-state index is -0.956. The molecule has 4 rings (SSSR count). The topological polar surface area (TPSA) is 114 Å². The van der Waals surface area contributed by atoms with E-state index in [4.69, 9.17) is 9.84 Å². The minimum absolute atomic E-state index is 0. The lowest BCUT2D eigenvalue weighted by Gasteiger charge is -2.20. The number of carboxylic acid groups (broad SMARTS) is 1. The standard InChI is InChI=1S/C29H34N4O5.2ClH/c1-17-19-9-10-30-26(28(37)31-11-12-32(4)5)21(19)14-22-20-13-18(7-8-23(20)33(6)27(17)22)38-25(36)16-29(2,3)15-24(34)35;;/h7-10,13-14H,11-12,15-16H2,1-6H3,(H,31,37)(H,34,35);2*1H. The van der Waals surface area contributed by atoms with Crippen molar-refractivity contribution < 1.29 is 24.2 Å². The predicted molar refractivity (Wildman–Crippen MR) is 162 cm³/mol. The monoisotopic (exact) mass is 590 g/mol. The summed E-state index contributed by atoms with van der Waals surface area (Å²) in [6.07, 6.45) is 1.51. The lowest BCUT2D eigenvalue weighted by Crippen LogP contribution is -2.31. The quantitative estimate of drug-likeness (QED) is 0.205. The van der Waals surface area contributed by atoms with E-state index in [0.717, 1.165) is 44.7 Å². The van der Waals surface area contributed by atoms with Crippen molar-refractivity contribution in [1.29, 1.82) is 0 Å². The van der Waals surface area contributed by atoms with Crippen molar-refractivity contribution in [2.75, 3.05) is 27.2 Å². The second kappa shape index (κ2) is 12.8. The van der Waals surface area contributed by atoms with Crippen molar-refractivity contribution in [3.63, 3.8) is 0 Å². The van der Waals surface area contributed by atoms with Gasteiger partial charge in [-0.2, -0.15) is 0 Å². The van der Waals surface area contributed by atoms with Crippen LogP contribution < -0.4 is 10.1 Å². The molecule has 9 nitrogen and oxygen atoms in total. The molecule has 11 heteroatoms. The smallest absolute Gasteiger partial charge is 0.311 e. The number of esters is 1. The van der Waals surface area contributed by atoms with Crippen molar-refractivity contribution >= 4 is 75.2 Å². The maximum Gasteiger partial charge on any atom is 0.311 e. The molecule has 0 saturated heterocycles. The summed E-state index contributed by atoms with van der Waals surface area (Å²) in [6, 6.07) is 9.36. The van der Waals surface area contributed by atoms with Crippen molar-refractivity contribution in [1.82, 2.24) is 19.8 Å². The van der Waals surface area contributed by atoms with Gasteiger partial charge in [0.1, 0.15) is 11.4 Å². The molecule has 0 unspecified atom stereocenters. The first-order chi connectivity index (χ1) is 17.9. The predicted octanol–water partition coefficient (Wildman–Crippen LogP) is 5.12. The van der Waals surface area contributed by atoms with Crippen LogP contribution in [0.4, 0.5) is 0 Å². The second-order valence-electron chi connectivity index (χ2n) is 10.8. The van der Waals surface area contributed by atoms with E-state index in [1.807, 2.05) is 57.2 Å². The highest BCUT2D eigenvalue weighted by atomic mass is 35.5. The van der Waals surface area contributed by atoms with Gasteiger partial charge in [0, 0.05) is 48.0 Å². The third-order valence-electron chi connectivity index (χ3n) is 6.79. The molecule has 0 saturated carbocycles. The Hall–Kier alpha value is -3.40. The Morgan fingerprint density at radius 2 is 1.73 bits per heavy atom. The van der Waals surface area contributed by atoms with Crippen LogP contribution in [0.1, 0.15) is 42.7 Å². The van der Waals surface area contributed by atoms with Crippen molar-refractivity contribution in [2.45, 2.75) is 33.6 Å². The Kier molecular flexibility index (Phi) is 10.5. The van der Waals surface area contributed by atoms with Crippen LogP contribution in [0.25, 0.3) is 32.6 Å². The minimum Gasteiger partial charge on any atom is -0.481 e. The summed E-state index contributed by atoms with van der Waals surface area (Å²) < 4.78 is 7.72. The number of rotatable bonds is 9. The maximum absolute atomic E-state index is 13.0. The largest absolute Gasteiger partial charge is 0.481 e. The Labute approximate surface area is 245 Å². The first kappa shape index (κ1) is 32.8. The average molecular weight is 592 g/mol. The SMILES string of the molecule is Cc1c2ccnc(C(=O)NCCN(C)C)c2cc2c3cc(OC(=O)CC(C)(C)CC(=O)O)ccc3n(C)c12.Cl.Cl. The van der Waals surface area contributed by atoms with Crippen LogP contribution >= 0.6 is 24.8 Å². The zero-order chi connectivity index (χ0) is 27.8. The zero-order valence-corrected chi connectivity index (χ0v) is 25.2. The van der Waals surface area contributed by atoms with Gasteiger partial charge >= 0.3 is 11.9 Å². The number of amides is 1. The van der Waals surface area contributed by atoms with Gasteiger partial charge in [0.2, 0.25) is 0 Å². The maximum atomic E-state index is 13.0. The molecule has 2 heterocycles. The molecule has 0 aliphatic rings. The summed E-state index contributed by atoms with van der Waals surface area (Å²) in [5, 5.41) is 15.6. The first-order valence-electron chi connectivity index (χ1n) is 12.5. The summed E-state index contributed by atoms with van der Waals surface area (Å²) in [5.74, 6) is -1.29. The number of fused-ring (bicyclic) bond motifs is 4. The summed E-state index contributed by atoms with van der Waals surface area (Å²) in [6.45, 7) is 6.72. The van der Waals surface area contributed by atoms with Gasteiger partial charge in [0.25, 0.3) is 5.91 Å². The molecule has 2 N–H and O–H groups in total. The number of nitrogens with zero attached hydrogens (tertiary/aromatic N) is 3. The zero-order valence-electron chi connectivity index (χ0n) is 23.5. The van der Waals surface area contributed by atoms with Gasteiger partial charge in [0.15, 0.2) is 0 Å². The molecule has 0 fully saturated rings. The fourth-order valence-corrected chi connectivity index (χ4v) is 5.02. The van der Waals surface area contributed by atoms with Crippen LogP contribution in [0.15, 0.2) is 36.5 Å². The molecule has 0 atom stereocenters. The Balaban J connectivity index is 0.00000280. The Bertz CT molecular complexity index is 1580. The fourth-order valence-electron chi connectivity index (χ4n) is 5.02. The molecular weight excluding hydrogens is 555 g/mol. The second-order valence-corrected chi connectivity index (χ2v) is 10.8. The normalized spacial score (nSPS) is 11.4. The van der Waals surface area contributed by atoms with E-state index in [1.54, 1.807) is 26.1 Å². The number of benzene rings is 2. The number of ether oxygens (including phenoxy) is 1. The van der Waals surface area contributed by atoms with Gasteiger partial charge in [-0.1, -0.05) is 13.8 Å². The van der Waals surface area contributed by atoms with Crippen LogP contribution in [-0.4, -0.2) is 64.6 Å². The number of carbonyl (C=O) groups excluding carboxylic acids is 2. The number of aliphatic carboxylic acids is 1. The number of likely N-dealkylation sites (N-methyl/N-ethyl adjacent to an activating group) is 1. The van der Waals surface area contributed by atoms with Crippen LogP contribution in [0, 0.1) is 12.3 Å². The lowest BCUT2D eigenvalue weighted by molar-refractivity contribution is -0.141. The molecule has 0 bridgehead atoms. The molecule has 40 heavy (non-hydrogen) atoms. The Morgan fingerprint density at radius 3 is 2.38 bits per heavy atom. The molecule has 0 radical (unpaired) electrons. The molecule has 216 valence electrons. The molecule has 0 aliphatic heterocycles. The lowest BCUT2D eigenvalue weighted by atomic mass is 9.86. The van der Waals surface area contributed by atoms with Crippen LogP contribution in [0.5, 0.6) is 5.75 Å². The first-order valence-corrected chi connectivity index (χ1v) is 12.5. The van der Waals surface area contributed by atoms with E-state index in [2.05, 4.69) is 14.9 Å². The summed E-state index contributed by atoms with van der Waals surface area (Å²) in [5.41, 5.74) is 2.64. The highest BCUT2D eigenvalue weighted by Gasteiger charge is 2.26. The number of hydrogen-bond donors (Lipinski definition) is 2. The van der Waals surface area contributed by atoms with Gasteiger partial charge in [-0.25, -0.2) is 0 Å². The van der Waals surface area contributed by atoms with Crippen LogP contribution in [0.3, 0.4) is 0 Å². The molecule has 4 aromatic rings. The fraction of sp³-hybridized carbons (Fsp3) is 0.379. The average Bonchev–Trinajstić information content (AvgIpc) is 3.08. The third-order valence-corrected chi connectivity index (χ3v) is 6.79. The number of aromatic nitrogens is 2. The van der Waals surface area contributed by atoms with E-state index < -0.39 is 17.4 Å². The summed E-state index contributed by atoms with van der Waals surface area (Å²) in [4.78, 5) is 43.1. The van der Waals surface area contributed by atoms with E-state index in [-0.39, 0.29) is 43.6 Å². The number of aryl methyl sites for hydroxylation is 2. The third kappa shape index (κ3) is 6.83. The Morgan fingerprint density at radius 1 is 1.02 bits per heavy atom. The molecule has 2 aromatic carbocycles. The van der Waals surface area contributed by atoms with E-state index in [9.17, 15) is 14.4 Å². The molecule has 1 amide bonds. The van der Waals surface area contributed by atoms with Gasteiger partial charge in [0.05, 0.1) is 18.4 Å². The van der Waals surface area contributed by atoms with Crippen molar-refractivity contribution in [3.05, 3.63) is 47.8 Å². The van der Waals surface area contributed by atoms with Crippen LogP contribution in [0.2, 0.25) is 0 Å². The molecule has 0 aliphatic carbocycles. The number of halogens is 2. The van der Waals surface area contributed by atoms with Crippen molar-refractivity contribution in [2.24, 2.45) is 12.5 Å². The van der Waals surface area contributed by atoms with Gasteiger partial charge < -0.3 is 24.6 Å². The molecule has 2 aromatic heterocycles. The number of carbonyl (C=O) groups is 3. The van der Waals surface area contributed by atoms with Gasteiger partial charge in [-0.15, -0.1) is 24.8 Å². The number of pyridine rings is 1.